The molecule has 0 unspecified atom stereocenters. The topological polar surface area (TPSA) is 97.1 Å². The lowest BCUT2D eigenvalue weighted by Gasteiger charge is -2.05. The third kappa shape index (κ3) is 5.41. The Hall–Kier alpha value is -2.65. The van der Waals surface area contributed by atoms with Gasteiger partial charge in [-0.2, -0.15) is 0 Å². The maximum absolute atomic E-state index is 12.4. The summed E-state index contributed by atoms with van der Waals surface area (Å²) in [6, 6.07) is 6.74. The summed E-state index contributed by atoms with van der Waals surface area (Å²) in [6.07, 6.45) is 4.27. The van der Waals surface area contributed by atoms with Gasteiger partial charge in [-0.05, 0) is 18.2 Å². The zero-order chi connectivity index (χ0) is 19.2. The Morgan fingerprint density at radius 3 is 2.81 bits per heavy atom. The van der Waals surface area contributed by atoms with E-state index in [1.54, 1.807) is 48.4 Å². The fourth-order valence-electron chi connectivity index (χ4n) is 2.21. The van der Waals surface area contributed by atoms with Crippen molar-refractivity contribution in [2.75, 3.05) is 10.6 Å². The maximum Gasteiger partial charge on any atom is 0.257 e. The van der Waals surface area contributed by atoms with E-state index in [0.29, 0.717) is 28.0 Å². The van der Waals surface area contributed by atoms with E-state index in [1.807, 2.05) is 6.92 Å². The molecule has 2 N–H and O–H groups in total. The van der Waals surface area contributed by atoms with Crippen LogP contribution in [0.1, 0.15) is 35.9 Å². The van der Waals surface area contributed by atoms with Crippen LogP contribution in [0.3, 0.4) is 0 Å². The van der Waals surface area contributed by atoms with Gasteiger partial charge in [-0.25, -0.2) is 9.97 Å². The Morgan fingerprint density at radius 1 is 1.22 bits per heavy atom. The fourth-order valence-corrected chi connectivity index (χ4v) is 3.93. The van der Waals surface area contributed by atoms with Crippen LogP contribution in [0.25, 0.3) is 0 Å². The van der Waals surface area contributed by atoms with Gasteiger partial charge in [0.25, 0.3) is 5.91 Å². The Labute approximate surface area is 164 Å². The van der Waals surface area contributed by atoms with Gasteiger partial charge in [-0.1, -0.05) is 24.3 Å². The summed E-state index contributed by atoms with van der Waals surface area (Å²) >= 11 is 2.93. The minimum atomic E-state index is -0.284. The normalized spacial score (nSPS) is 10.6. The van der Waals surface area contributed by atoms with Gasteiger partial charge >= 0.3 is 0 Å². The van der Waals surface area contributed by atoms with Gasteiger partial charge in [-0.15, -0.1) is 11.8 Å². The third-order valence-corrected chi connectivity index (χ3v) is 5.53. The van der Waals surface area contributed by atoms with Crippen molar-refractivity contribution >= 4 is 45.7 Å². The Balaban J connectivity index is 1.58. The summed E-state index contributed by atoms with van der Waals surface area (Å²) in [5.74, 6) is 1.67. The number of nitrogens with one attached hydrogen (secondary N) is 2. The summed E-state index contributed by atoms with van der Waals surface area (Å²) < 4.78 is 6.53. The second kappa shape index (κ2) is 8.83. The molecule has 140 valence electrons. The molecular formula is C18H18N4O3S2. The molecular weight excluding hydrogens is 384 g/mol. The van der Waals surface area contributed by atoms with Crippen molar-refractivity contribution in [3.8, 4) is 0 Å². The summed E-state index contributed by atoms with van der Waals surface area (Å²) in [5, 5.41) is 5.94. The minimum absolute atomic E-state index is 0.189. The molecule has 0 aliphatic rings. The fraction of sp³-hybridized carbons (Fsp3) is 0.222. The number of carbonyl (C=O) groups excluding carboxylic acids is 2. The summed E-state index contributed by atoms with van der Waals surface area (Å²) in [5.41, 5.74) is 1.01. The van der Waals surface area contributed by atoms with Crippen molar-refractivity contribution in [1.82, 2.24) is 9.97 Å². The number of nitrogens with zero attached hydrogens (tertiary/aromatic N) is 2. The average molecular weight is 403 g/mol. The van der Waals surface area contributed by atoms with Crippen LogP contribution >= 0.6 is 23.1 Å². The molecule has 0 aliphatic heterocycles. The highest BCUT2D eigenvalue weighted by atomic mass is 32.2. The van der Waals surface area contributed by atoms with Gasteiger partial charge in [0.05, 0.1) is 22.4 Å². The lowest BCUT2D eigenvalue weighted by Crippen LogP contribution is -2.12. The monoisotopic (exact) mass is 402 g/mol. The zero-order valence-electron chi connectivity index (χ0n) is 14.8. The molecule has 3 aromatic rings. The van der Waals surface area contributed by atoms with Crippen molar-refractivity contribution in [1.29, 1.82) is 0 Å². The van der Waals surface area contributed by atoms with E-state index in [4.69, 9.17) is 4.42 Å². The molecule has 3 rings (SSSR count). The van der Waals surface area contributed by atoms with Crippen molar-refractivity contribution in [2.45, 2.75) is 30.2 Å². The van der Waals surface area contributed by atoms with Crippen molar-refractivity contribution < 1.29 is 14.0 Å². The lowest BCUT2D eigenvalue weighted by molar-refractivity contribution is -0.114. The number of anilines is 2. The third-order valence-electron chi connectivity index (χ3n) is 3.44. The molecule has 9 heteroatoms. The van der Waals surface area contributed by atoms with E-state index in [-0.39, 0.29) is 11.8 Å². The van der Waals surface area contributed by atoms with Crippen LogP contribution < -0.4 is 10.6 Å². The van der Waals surface area contributed by atoms with Gasteiger partial charge in [0.15, 0.2) is 5.13 Å². The number of benzene rings is 1. The van der Waals surface area contributed by atoms with E-state index in [2.05, 4.69) is 20.6 Å². The van der Waals surface area contributed by atoms with Crippen LogP contribution in [0, 0.1) is 0 Å². The molecule has 27 heavy (non-hydrogen) atoms. The van der Waals surface area contributed by atoms with E-state index >= 15 is 0 Å². The Kier molecular flexibility index (Phi) is 6.25. The first-order chi connectivity index (χ1) is 13.0. The molecule has 0 atom stereocenters. The first kappa shape index (κ1) is 19.1. The van der Waals surface area contributed by atoms with E-state index in [1.165, 1.54) is 18.3 Å². The number of carbonyl (C=O) groups is 2. The average Bonchev–Trinajstić information content (AvgIpc) is 3.28. The molecule has 2 aromatic heterocycles. The number of aryl methyl sites for hydroxylation is 1. The number of oxazole rings is 1. The van der Waals surface area contributed by atoms with Gasteiger partial charge in [0, 0.05) is 24.6 Å². The van der Waals surface area contributed by atoms with E-state index < -0.39 is 0 Å². The van der Waals surface area contributed by atoms with Crippen LogP contribution in [0.5, 0.6) is 0 Å². The maximum atomic E-state index is 12.4. The van der Waals surface area contributed by atoms with E-state index in [0.717, 1.165) is 16.4 Å². The quantitative estimate of drug-likeness (QED) is 0.575. The SMILES string of the molecule is CCc1cnc(CSc2cnc(NC(=O)c3cccc(NC(C)=O)c3)s2)o1. The number of hydrogen-bond donors (Lipinski definition) is 2. The number of amides is 2. The molecule has 2 heterocycles. The van der Waals surface area contributed by atoms with E-state index in [9.17, 15) is 9.59 Å². The van der Waals surface area contributed by atoms with Crippen molar-refractivity contribution in [2.24, 2.45) is 0 Å². The standard InChI is InChI=1S/C18H18N4O3S2/c1-3-14-8-19-15(25-14)10-26-16-9-20-18(27-16)22-17(24)12-5-4-6-13(7-12)21-11(2)23/h4-9H,3,10H2,1-2H3,(H,21,23)(H,20,22,24). The summed E-state index contributed by atoms with van der Waals surface area (Å²) in [7, 11) is 0. The second-order valence-corrected chi connectivity index (χ2v) is 7.87. The lowest BCUT2D eigenvalue weighted by atomic mass is 10.2. The first-order valence-corrected chi connectivity index (χ1v) is 10.0. The highest BCUT2D eigenvalue weighted by molar-refractivity contribution is 8.00. The molecule has 0 saturated carbocycles. The Bertz CT molecular complexity index is 951. The molecule has 0 spiro atoms. The molecule has 0 saturated heterocycles. The first-order valence-electron chi connectivity index (χ1n) is 8.24. The van der Waals surface area contributed by atoms with Crippen LogP contribution in [-0.2, 0) is 17.0 Å². The number of aromatic nitrogens is 2. The molecule has 7 nitrogen and oxygen atoms in total. The number of hydrogen-bond acceptors (Lipinski definition) is 7. The number of rotatable bonds is 7. The van der Waals surface area contributed by atoms with Gasteiger partial charge in [-0.3, -0.25) is 14.9 Å². The van der Waals surface area contributed by atoms with Crippen molar-refractivity contribution in [3.05, 3.63) is 53.9 Å². The van der Waals surface area contributed by atoms with Crippen molar-refractivity contribution in [3.63, 3.8) is 0 Å². The second-order valence-electron chi connectivity index (χ2n) is 5.56. The smallest absolute Gasteiger partial charge is 0.257 e. The molecule has 0 aliphatic carbocycles. The largest absolute Gasteiger partial charge is 0.445 e. The molecule has 0 fully saturated rings. The highest BCUT2D eigenvalue weighted by Crippen LogP contribution is 2.30. The highest BCUT2D eigenvalue weighted by Gasteiger charge is 2.11. The van der Waals surface area contributed by atoms with Crippen LogP contribution in [-0.4, -0.2) is 21.8 Å². The molecule has 2 amide bonds. The van der Waals surface area contributed by atoms with Gasteiger partial charge < -0.3 is 9.73 Å². The minimum Gasteiger partial charge on any atom is -0.445 e. The number of thioether (sulfide) groups is 1. The summed E-state index contributed by atoms with van der Waals surface area (Å²) in [6.45, 7) is 3.43. The summed E-state index contributed by atoms with van der Waals surface area (Å²) in [4.78, 5) is 32.0. The van der Waals surface area contributed by atoms with Crippen LogP contribution in [0.4, 0.5) is 10.8 Å². The van der Waals surface area contributed by atoms with Crippen LogP contribution in [0.2, 0.25) is 0 Å². The molecule has 0 bridgehead atoms. The zero-order valence-corrected chi connectivity index (χ0v) is 16.4. The van der Waals surface area contributed by atoms with Gasteiger partial charge in [0.1, 0.15) is 5.76 Å². The molecule has 0 radical (unpaired) electrons. The van der Waals surface area contributed by atoms with Crippen LogP contribution in [0.15, 0.2) is 45.3 Å². The Morgan fingerprint density at radius 2 is 2.07 bits per heavy atom. The molecule has 1 aromatic carbocycles. The predicted octanol–water partition coefficient (Wildman–Crippen LogP) is 4.20. The number of thiazole rings is 1. The van der Waals surface area contributed by atoms with Gasteiger partial charge in [0.2, 0.25) is 11.8 Å². The predicted molar refractivity (Wildman–Crippen MR) is 106 cm³/mol.